The third-order valence-electron chi connectivity index (χ3n) is 3.66. The first-order chi connectivity index (χ1) is 9.58. The second-order valence-corrected chi connectivity index (χ2v) is 5.08. The highest BCUT2D eigenvalue weighted by Crippen LogP contribution is 2.17. The van der Waals surface area contributed by atoms with Crippen molar-refractivity contribution in [3.05, 3.63) is 35.6 Å². The quantitative estimate of drug-likeness (QED) is 0.840. The van der Waals surface area contributed by atoms with Gasteiger partial charge in [-0.05, 0) is 50.2 Å². The van der Waals surface area contributed by atoms with Crippen molar-refractivity contribution in [3.8, 4) is 0 Å². The Morgan fingerprint density at radius 2 is 1.75 bits per heavy atom. The van der Waals surface area contributed by atoms with Crippen LogP contribution in [0.4, 0.5) is 4.39 Å². The van der Waals surface area contributed by atoms with E-state index in [1.165, 1.54) is 24.3 Å². The van der Waals surface area contributed by atoms with Crippen molar-refractivity contribution in [2.24, 2.45) is 0 Å². The number of carboxylic acids is 1. The summed E-state index contributed by atoms with van der Waals surface area (Å²) in [5.74, 6) is -1.64. The molecule has 1 fully saturated rings. The molecule has 20 heavy (non-hydrogen) atoms. The van der Waals surface area contributed by atoms with Gasteiger partial charge in [-0.1, -0.05) is 6.42 Å². The highest BCUT2D eigenvalue weighted by atomic mass is 19.1. The van der Waals surface area contributed by atoms with Crippen LogP contribution in [-0.2, 0) is 4.79 Å². The van der Waals surface area contributed by atoms with E-state index in [-0.39, 0.29) is 12.2 Å². The van der Waals surface area contributed by atoms with Crippen LogP contribution in [0.3, 0.4) is 0 Å². The van der Waals surface area contributed by atoms with E-state index in [0.717, 1.165) is 19.3 Å². The Hall–Kier alpha value is -1.75. The number of halogens is 1. The fourth-order valence-electron chi connectivity index (χ4n) is 2.53. The summed E-state index contributed by atoms with van der Waals surface area (Å²) in [6.07, 6.45) is 2.97. The summed E-state index contributed by atoms with van der Waals surface area (Å²) in [4.78, 5) is 25.3. The molecule has 0 amide bonds. The van der Waals surface area contributed by atoms with Gasteiger partial charge in [0.1, 0.15) is 11.9 Å². The maximum Gasteiger partial charge on any atom is 0.321 e. The summed E-state index contributed by atoms with van der Waals surface area (Å²) in [7, 11) is 0. The number of rotatable bonds is 5. The van der Waals surface area contributed by atoms with Crippen molar-refractivity contribution in [2.75, 3.05) is 13.1 Å². The molecule has 0 radical (unpaired) electrons. The Labute approximate surface area is 117 Å². The second kappa shape index (κ2) is 6.61. The van der Waals surface area contributed by atoms with Crippen LogP contribution in [0, 0.1) is 5.82 Å². The van der Waals surface area contributed by atoms with E-state index in [1.807, 2.05) is 4.90 Å². The molecule has 1 aromatic rings. The van der Waals surface area contributed by atoms with Gasteiger partial charge in [-0.25, -0.2) is 4.39 Å². The van der Waals surface area contributed by atoms with Gasteiger partial charge in [0.25, 0.3) is 0 Å². The molecule has 1 aliphatic heterocycles. The van der Waals surface area contributed by atoms with Crippen molar-refractivity contribution in [3.63, 3.8) is 0 Å². The largest absolute Gasteiger partial charge is 0.480 e. The van der Waals surface area contributed by atoms with Gasteiger partial charge in [0.05, 0.1) is 0 Å². The van der Waals surface area contributed by atoms with E-state index in [4.69, 9.17) is 0 Å². The molecule has 1 N–H and O–H groups in total. The predicted octanol–water partition coefficient (Wildman–Crippen LogP) is 2.34. The topological polar surface area (TPSA) is 57.6 Å². The standard InChI is InChI=1S/C15H18FNO3/c16-12-6-4-11(5-7-12)14(18)10-13(15(19)20)17-8-2-1-3-9-17/h4-7,13H,1-3,8-10H2,(H,19,20). The van der Waals surface area contributed by atoms with Crippen LogP contribution in [0.2, 0.25) is 0 Å². The lowest BCUT2D eigenvalue weighted by Crippen LogP contribution is -2.45. The summed E-state index contributed by atoms with van der Waals surface area (Å²) in [5.41, 5.74) is 0.356. The van der Waals surface area contributed by atoms with E-state index in [1.54, 1.807) is 0 Å². The molecule has 2 rings (SSSR count). The number of carbonyl (C=O) groups excluding carboxylic acids is 1. The summed E-state index contributed by atoms with van der Waals surface area (Å²) >= 11 is 0. The lowest BCUT2D eigenvalue weighted by atomic mass is 10.0. The molecule has 0 bridgehead atoms. The van der Waals surface area contributed by atoms with Crippen molar-refractivity contribution < 1.29 is 19.1 Å². The van der Waals surface area contributed by atoms with Crippen LogP contribution < -0.4 is 0 Å². The number of benzene rings is 1. The fourth-order valence-corrected chi connectivity index (χ4v) is 2.53. The number of nitrogens with zero attached hydrogens (tertiary/aromatic N) is 1. The lowest BCUT2D eigenvalue weighted by Gasteiger charge is -2.31. The number of aliphatic carboxylic acids is 1. The van der Waals surface area contributed by atoms with Gasteiger partial charge in [0.15, 0.2) is 5.78 Å². The van der Waals surface area contributed by atoms with Crippen LogP contribution in [0.5, 0.6) is 0 Å². The average Bonchev–Trinajstić information content (AvgIpc) is 2.46. The number of hydrogen-bond acceptors (Lipinski definition) is 3. The number of carboxylic acid groups (broad SMARTS) is 1. The maximum atomic E-state index is 12.8. The SMILES string of the molecule is O=C(CC(C(=O)O)N1CCCCC1)c1ccc(F)cc1. The zero-order chi connectivity index (χ0) is 14.5. The number of Topliss-reactive ketones (excluding diaryl/α,β-unsaturated/α-hetero) is 1. The Kier molecular flexibility index (Phi) is 4.84. The van der Waals surface area contributed by atoms with Crippen LogP contribution in [0.15, 0.2) is 24.3 Å². The summed E-state index contributed by atoms with van der Waals surface area (Å²) in [5, 5.41) is 9.31. The molecule has 0 spiro atoms. The highest BCUT2D eigenvalue weighted by Gasteiger charge is 2.29. The van der Waals surface area contributed by atoms with E-state index in [2.05, 4.69) is 0 Å². The zero-order valence-electron chi connectivity index (χ0n) is 11.2. The predicted molar refractivity (Wildman–Crippen MR) is 72.2 cm³/mol. The third kappa shape index (κ3) is 3.63. The van der Waals surface area contributed by atoms with Crippen molar-refractivity contribution >= 4 is 11.8 Å². The number of piperidine rings is 1. The summed E-state index contributed by atoms with van der Waals surface area (Å²) in [6, 6.07) is 4.43. The zero-order valence-corrected chi connectivity index (χ0v) is 11.2. The van der Waals surface area contributed by atoms with Gasteiger partial charge in [0.2, 0.25) is 0 Å². The third-order valence-corrected chi connectivity index (χ3v) is 3.66. The van der Waals surface area contributed by atoms with Crippen molar-refractivity contribution in [1.29, 1.82) is 0 Å². The molecule has 1 unspecified atom stereocenters. The maximum absolute atomic E-state index is 12.8. The first-order valence-corrected chi connectivity index (χ1v) is 6.83. The van der Waals surface area contributed by atoms with E-state index in [9.17, 15) is 19.1 Å². The number of carbonyl (C=O) groups is 2. The Morgan fingerprint density at radius 3 is 2.30 bits per heavy atom. The summed E-state index contributed by atoms with van der Waals surface area (Å²) in [6.45, 7) is 1.43. The first-order valence-electron chi connectivity index (χ1n) is 6.83. The lowest BCUT2D eigenvalue weighted by molar-refractivity contribution is -0.143. The van der Waals surface area contributed by atoms with E-state index >= 15 is 0 Å². The van der Waals surface area contributed by atoms with Crippen LogP contribution in [0.25, 0.3) is 0 Å². The minimum Gasteiger partial charge on any atom is -0.480 e. The Morgan fingerprint density at radius 1 is 1.15 bits per heavy atom. The van der Waals surface area contributed by atoms with Crippen LogP contribution >= 0.6 is 0 Å². The van der Waals surface area contributed by atoms with Gasteiger partial charge in [-0.15, -0.1) is 0 Å². The number of hydrogen-bond donors (Lipinski definition) is 1. The minimum absolute atomic E-state index is 0.0685. The van der Waals surface area contributed by atoms with Gasteiger partial charge >= 0.3 is 5.97 Å². The molecule has 1 aromatic carbocycles. The molecule has 0 aliphatic carbocycles. The molecular weight excluding hydrogens is 261 g/mol. The van der Waals surface area contributed by atoms with Crippen LogP contribution in [0.1, 0.15) is 36.0 Å². The number of ketones is 1. The highest BCUT2D eigenvalue weighted by molar-refractivity contribution is 5.98. The minimum atomic E-state index is -0.970. The molecule has 1 atom stereocenters. The Bertz CT molecular complexity index is 480. The fraction of sp³-hybridized carbons (Fsp3) is 0.467. The van der Waals surface area contributed by atoms with E-state index in [0.29, 0.717) is 18.7 Å². The molecule has 4 nitrogen and oxygen atoms in total. The molecule has 5 heteroatoms. The van der Waals surface area contributed by atoms with Gasteiger partial charge in [-0.2, -0.15) is 0 Å². The smallest absolute Gasteiger partial charge is 0.321 e. The van der Waals surface area contributed by atoms with Crippen molar-refractivity contribution in [2.45, 2.75) is 31.7 Å². The Balaban J connectivity index is 2.05. The average molecular weight is 279 g/mol. The number of likely N-dealkylation sites (tertiary alicyclic amines) is 1. The molecule has 1 aliphatic rings. The van der Waals surface area contributed by atoms with Crippen molar-refractivity contribution in [1.82, 2.24) is 4.90 Å². The van der Waals surface area contributed by atoms with Gasteiger partial charge < -0.3 is 5.11 Å². The molecule has 0 aromatic heterocycles. The first kappa shape index (κ1) is 14.7. The molecular formula is C15H18FNO3. The molecule has 1 saturated heterocycles. The molecule has 108 valence electrons. The molecule has 0 saturated carbocycles. The summed E-state index contributed by atoms with van der Waals surface area (Å²) < 4.78 is 12.8. The van der Waals surface area contributed by atoms with Gasteiger partial charge in [-0.3, -0.25) is 14.5 Å². The second-order valence-electron chi connectivity index (χ2n) is 5.08. The van der Waals surface area contributed by atoms with E-state index < -0.39 is 17.8 Å². The monoisotopic (exact) mass is 279 g/mol. The van der Waals surface area contributed by atoms with Crippen LogP contribution in [-0.4, -0.2) is 40.9 Å². The molecule has 1 heterocycles. The van der Waals surface area contributed by atoms with Gasteiger partial charge in [0, 0.05) is 12.0 Å². The normalized spacial score (nSPS) is 17.6.